The first-order valence-electron chi connectivity index (χ1n) is 3.72. The van der Waals surface area contributed by atoms with Crippen molar-refractivity contribution in [1.82, 2.24) is 0 Å². The number of rotatable bonds is 3. The van der Waals surface area contributed by atoms with Crippen molar-refractivity contribution in [2.75, 3.05) is 6.61 Å². The number of hydrogen-bond acceptors (Lipinski definition) is 2. The third-order valence-corrected chi connectivity index (χ3v) is 3.75. The van der Waals surface area contributed by atoms with Crippen molar-refractivity contribution in [3.63, 3.8) is 0 Å². The number of benzene rings is 1. The molecule has 3 nitrogen and oxygen atoms in total. The van der Waals surface area contributed by atoms with Crippen LogP contribution in [0.25, 0.3) is 0 Å². The second kappa shape index (κ2) is 7.15. The first-order valence-corrected chi connectivity index (χ1v) is 5.61. The molecule has 0 fully saturated rings. The van der Waals surface area contributed by atoms with Crippen LogP contribution in [0.1, 0.15) is 0 Å². The molecule has 0 saturated carbocycles. The summed E-state index contributed by atoms with van der Waals surface area (Å²) in [7, 11) is 0. The van der Waals surface area contributed by atoms with Crippen molar-refractivity contribution in [2.24, 2.45) is 0 Å². The predicted molar refractivity (Wildman–Crippen MR) is 64.6 cm³/mol. The van der Waals surface area contributed by atoms with Gasteiger partial charge in [-0.3, -0.25) is 0 Å². The van der Waals surface area contributed by atoms with Crippen molar-refractivity contribution in [3.05, 3.63) is 25.1 Å². The Kier molecular flexibility index (Phi) is 7.34. The Morgan fingerprint density at radius 3 is 1.65 bits per heavy atom. The van der Waals surface area contributed by atoms with Crippen LogP contribution in [0.3, 0.4) is 0 Å². The van der Waals surface area contributed by atoms with E-state index in [1.165, 1.54) is 0 Å². The molecular weight excluding hydrogens is 385 g/mol. The summed E-state index contributed by atoms with van der Waals surface area (Å²) in [6.45, 7) is -0.617. The molecule has 1 rings (SSSR count). The van der Waals surface area contributed by atoms with Gasteiger partial charge in [-0.1, -0.05) is 58.0 Å². The Hall–Kier alpha value is 0.459. The van der Waals surface area contributed by atoms with E-state index in [1.54, 1.807) is 0 Å². The summed E-state index contributed by atoms with van der Waals surface area (Å²) < 4.78 is 4.85. The topological polar surface area (TPSA) is 46.5 Å². The summed E-state index contributed by atoms with van der Waals surface area (Å²) in [5.41, 5.74) is 0. The standard InChI is InChI=1S/C8H3Cl5O3.Cu/c9-3-4(10)6(12)8(7(13)5(3)11)16-1-2(14)15;/h1H2,(H,14,15);. The Labute approximate surface area is 132 Å². The van der Waals surface area contributed by atoms with E-state index in [0.717, 1.165) is 0 Å². The third kappa shape index (κ3) is 3.97. The van der Waals surface area contributed by atoms with Crippen LogP contribution in [0.2, 0.25) is 25.1 Å². The summed E-state index contributed by atoms with van der Waals surface area (Å²) in [6, 6.07) is 0. The minimum Gasteiger partial charge on any atom is -0.479 e. The fraction of sp³-hybridized carbons (Fsp3) is 0.125. The van der Waals surface area contributed by atoms with E-state index in [1.807, 2.05) is 0 Å². The quantitative estimate of drug-likeness (QED) is 0.474. The molecule has 0 aliphatic carbocycles. The molecule has 0 amide bonds. The van der Waals surface area contributed by atoms with Gasteiger partial charge in [0.1, 0.15) is 10.0 Å². The molecule has 9 heteroatoms. The first-order chi connectivity index (χ1) is 7.36. The van der Waals surface area contributed by atoms with E-state index in [9.17, 15) is 4.79 Å². The van der Waals surface area contributed by atoms with Crippen molar-refractivity contribution in [3.8, 4) is 5.75 Å². The van der Waals surface area contributed by atoms with Crippen LogP contribution in [-0.2, 0) is 21.9 Å². The van der Waals surface area contributed by atoms with Crippen LogP contribution < -0.4 is 4.74 Å². The summed E-state index contributed by atoms with van der Waals surface area (Å²) in [5, 5.41) is 8.18. The molecule has 17 heavy (non-hydrogen) atoms. The average Bonchev–Trinajstić information content (AvgIpc) is 2.23. The Morgan fingerprint density at radius 1 is 0.941 bits per heavy atom. The molecule has 0 heterocycles. The maximum absolute atomic E-state index is 10.3. The van der Waals surface area contributed by atoms with Gasteiger partial charge in [0.15, 0.2) is 12.4 Å². The molecule has 0 bridgehead atoms. The third-order valence-electron chi connectivity index (χ3n) is 1.51. The van der Waals surface area contributed by atoms with Gasteiger partial charge in [-0.15, -0.1) is 0 Å². The Bertz CT molecular complexity index is 422. The normalized spacial score (nSPS) is 9.71. The minimum atomic E-state index is -1.19. The van der Waals surface area contributed by atoms with E-state index in [4.69, 9.17) is 67.8 Å². The number of halogens is 5. The molecule has 0 aliphatic rings. The molecule has 1 aromatic rings. The molecule has 0 atom stereocenters. The summed E-state index contributed by atoms with van der Waals surface area (Å²) in [6.07, 6.45) is 0. The van der Waals surface area contributed by atoms with Crippen LogP contribution in [0.4, 0.5) is 0 Å². The molecule has 1 radical (unpaired) electrons. The molecule has 0 spiro atoms. The molecule has 99 valence electrons. The van der Waals surface area contributed by atoms with E-state index >= 15 is 0 Å². The fourth-order valence-electron chi connectivity index (χ4n) is 0.845. The fourth-order valence-corrected chi connectivity index (χ4v) is 2.08. The minimum absolute atomic E-state index is 0. The molecule has 1 aromatic carbocycles. The summed E-state index contributed by atoms with van der Waals surface area (Å²) in [4.78, 5) is 10.3. The largest absolute Gasteiger partial charge is 0.479 e. The smallest absolute Gasteiger partial charge is 0.341 e. The van der Waals surface area contributed by atoms with Crippen LogP contribution >= 0.6 is 58.0 Å². The van der Waals surface area contributed by atoms with E-state index < -0.39 is 12.6 Å². The number of carboxylic acids is 1. The number of aliphatic carboxylic acids is 1. The molecule has 0 aliphatic heterocycles. The van der Waals surface area contributed by atoms with Crippen molar-refractivity contribution >= 4 is 64.0 Å². The van der Waals surface area contributed by atoms with Crippen LogP contribution in [0.5, 0.6) is 5.75 Å². The number of ether oxygens (including phenoxy) is 1. The van der Waals surface area contributed by atoms with E-state index in [0.29, 0.717) is 0 Å². The van der Waals surface area contributed by atoms with E-state index in [2.05, 4.69) is 0 Å². The summed E-state index contributed by atoms with van der Waals surface area (Å²) >= 11 is 28.8. The van der Waals surface area contributed by atoms with Crippen molar-refractivity contribution in [1.29, 1.82) is 0 Å². The van der Waals surface area contributed by atoms with Crippen molar-refractivity contribution in [2.45, 2.75) is 0 Å². The van der Waals surface area contributed by atoms with Crippen LogP contribution in [0.15, 0.2) is 0 Å². The van der Waals surface area contributed by atoms with Crippen LogP contribution in [-0.4, -0.2) is 17.7 Å². The SMILES string of the molecule is O=C(O)COc1c(Cl)c(Cl)c(Cl)c(Cl)c1Cl.[Cu]. The predicted octanol–water partition coefficient (Wildman–Crippen LogP) is 4.41. The maximum Gasteiger partial charge on any atom is 0.341 e. The Morgan fingerprint density at radius 2 is 1.29 bits per heavy atom. The van der Waals surface area contributed by atoms with Crippen LogP contribution in [0, 0.1) is 0 Å². The van der Waals surface area contributed by atoms with Crippen molar-refractivity contribution < 1.29 is 31.7 Å². The van der Waals surface area contributed by atoms with Gasteiger partial charge in [-0.25, -0.2) is 4.79 Å². The molecule has 1 N–H and O–H groups in total. The van der Waals surface area contributed by atoms with E-state index in [-0.39, 0.29) is 47.9 Å². The zero-order chi connectivity index (χ0) is 12.5. The molecule has 0 aromatic heterocycles. The molecule has 0 unspecified atom stereocenters. The van der Waals surface area contributed by atoms with Gasteiger partial charge in [0, 0.05) is 17.1 Å². The number of hydrogen-bond donors (Lipinski definition) is 1. The first kappa shape index (κ1) is 17.5. The van der Waals surface area contributed by atoms with Gasteiger partial charge in [-0.2, -0.15) is 0 Å². The van der Waals surface area contributed by atoms with Gasteiger partial charge >= 0.3 is 5.97 Å². The zero-order valence-electron chi connectivity index (χ0n) is 7.66. The molecule has 0 saturated heterocycles. The average molecular weight is 388 g/mol. The Balaban J connectivity index is 0.00000256. The number of carbonyl (C=O) groups is 1. The molecular formula is C8H3Cl5CuO3. The van der Waals surface area contributed by atoms with Gasteiger partial charge in [-0.05, 0) is 0 Å². The maximum atomic E-state index is 10.3. The van der Waals surface area contributed by atoms with Gasteiger partial charge in [0.2, 0.25) is 0 Å². The second-order valence-corrected chi connectivity index (χ2v) is 4.47. The van der Waals surface area contributed by atoms with Gasteiger partial charge in [0.05, 0.1) is 15.1 Å². The summed E-state index contributed by atoms with van der Waals surface area (Å²) in [5.74, 6) is -1.29. The van der Waals surface area contributed by atoms with Gasteiger partial charge in [0.25, 0.3) is 0 Å². The van der Waals surface area contributed by atoms with Gasteiger partial charge < -0.3 is 9.84 Å². The number of carboxylic acid groups (broad SMARTS) is 1. The second-order valence-electron chi connectivity index (χ2n) is 2.58. The zero-order valence-corrected chi connectivity index (χ0v) is 12.4. The monoisotopic (exact) mass is 385 g/mol.